The summed E-state index contributed by atoms with van der Waals surface area (Å²) in [5, 5.41) is 15.0. The molecule has 0 saturated heterocycles. The summed E-state index contributed by atoms with van der Waals surface area (Å²) in [6.45, 7) is 8.66. The van der Waals surface area contributed by atoms with Crippen molar-refractivity contribution in [3.8, 4) is 5.75 Å². The SMILES string of the molecule is Cc1ccc(S(=O)(=O)n2nc(CN(C)CCC(OC(N)=O)C(C)(C)C)c3cc(O)ccc32)cc1. The van der Waals surface area contributed by atoms with Crippen molar-refractivity contribution in [1.29, 1.82) is 0 Å². The number of ether oxygens (including phenoxy) is 1. The molecule has 3 rings (SSSR count). The maximum atomic E-state index is 13.3. The molecular formula is C24H32N4O5S. The Labute approximate surface area is 200 Å². The molecule has 1 aromatic heterocycles. The molecule has 2 aromatic carbocycles. The van der Waals surface area contributed by atoms with Gasteiger partial charge in [-0.15, -0.1) is 0 Å². The van der Waals surface area contributed by atoms with Gasteiger partial charge in [-0.3, -0.25) is 0 Å². The first-order valence-corrected chi connectivity index (χ1v) is 12.4. The largest absolute Gasteiger partial charge is 0.508 e. The van der Waals surface area contributed by atoms with Gasteiger partial charge in [0, 0.05) is 18.5 Å². The molecule has 1 unspecified atom stereocenters. The molecule has 1 atom stereocenters. The molecule has 0 aliphatic rings. The number of hydrogen-bond donors (Lipinski definition) is 2. The normalized spacial score (nSPS) is 13.4. The molecule has 3 aromatic rings. The molecule has 3 N–H and O–H groups in total. The summed E-state index contributed by atoms with van der Waals surface area (Å²) in [6, 6.07) is 11.1. The maximum absolute atomic E-state index is 13.3. The van der Waals surface area contributed by atoms with E-state index in [4.69, 9.17) is 10.5 Å². The number of nitrogens with two attached hydrogens (primary N) is 1. The van der Waals surface area contributed by atoms with Gasteiger partial charge >= 0.3 is 6.09 Å². The molecule has 0 aliphatic carbocycles. The molecule has 0 spiro atoms. The van der Waals surface area contributed by atoms with E-state index < -0.39 is 16.1 Å². The fraction of sp³-hybridized carbons (Fsp3) is 0.417. The highest BCUT2D eigenvalue weighted by Crippen LogP contribution is 2.28. The molecular weight excluding hydrogens is 456 g/mol. The summed E-state index contributed by atoms with van der Waals surface area (Å²) in [5.41, 5.74) is 6.77. The summed E-state index contributed by atoms with van der Waals surface area (Å²) in [5.74, 6) is 0.0198. The number of aromatic nitrogens is 2. The van der Waals surface area contributed by atoms with Crippen LogP contribution in [0.3, 0.4) is 0 Å². The van der Waals surface area contributed by atoms with E-state index in [1.54, 1.807) is 30.3 Å². The number of carbonyl (C=O) groups is 1. The quantitative estimate of drug-likeness (QED) is 0.496. The lowest BCUT2D eigenvalue weighted by Gasteiger charge is -2.31. The Hall–Kier alpha value is -3.11. The first-order chi connectivity index (χ1) is 15.8. The summed E-state index contributed by atoms with van der Waals surface area (Å²) in [4.78, 5) is 13.4. The summed E-state index contributed by atoms with van der Waals surface area (Å²) < 4.78 is 33.0. The van der Waals surface area contributed by atoms with Crippen LogP contribution in [0.1, 0.15) is 38.4 Å². The van der Waals surface area contributed by atoms with E-state index in [1.165, 1.54) is 12.1 Å². The van der Waals surface area contributed by atoms with Crippen LogP contribution >= 0.6 is 0 Å². The third-order valence-corrected chi connectivity index (χ3v) is 7.27. The van der Waals surface area contributed by atoms with Gasteiger partial charge in [0.2, 0.25) is 0 Å². The number of aromatic hydroxyl groups is 1. The van der Waals surface area contributed by atoms with Crippen LogP contribution in [0.25, 0.3) is 10.9 Å². The zero-order valence-electron chi connectivity index (χ0n) is 20.1. The molecule has 184 valence electrons. The molecule has 1 amide bonds. The van der Waals surface area contributed by atoms with Gasteiger partial charge in [0.25, 0.3) is 10.0 Å². The van der Waals surface area contributed by atoms with E-state index in [9.17, 15) is 18.3 Å². The van der Waals surface area contributed by atoms with Crippen LogP contribution in [-0.2, 0) is 21.3 Å². The van der Waals surface area contributed by atoms with Crippen LogP contribution in [0.5, 0.6) is 5.75 Å². The smallest absolute Gasteiger partial charge is 0.404 e. The number of fused-ring (bicyclic) bond motifs is 1. The number of hydrogen-bond acceptors (Lipinski definition) is 7. The molecule has 0 bridgehead atoms. The highest BCUT2D eigenvalue weighted by atomic mass is 32.2. The third kappa shape index (κ3) is 5.68. The molecule has 0 saturated carbocycles. The lowest BCUT2D eigenvalue weighted by molar-refractivity contribution is 0.0256. The van der Waals surface area contributed by atoms with Crippen LogP contribution in [0.2, 0.25) is 0 Å². The number of phenols is 1. The summed E-state index contributed by atoms with van der Waals surface area (Å²) in [7, 11) is -2.07. The van der Waals surface area contributed by atoms with E-state index in [0.717, 1.165) is 9.65 Å². The Bertz CT molecular complexity index is 1280. The fourth-order valence-corrected chi connectivity index (χ4v) is 5.03. The first kappa shape index (κ1) is 25.5. The third-order valence-electron chi connectivity index (χ3n) is 5.67. The minimum atomic E-state index is -3.93. The Morgan fingerprint density at radius 1 is 1.21 bits per heavy atom. The van der Waals surface area contributed by atoms with Gasteiger partial charge in [0.05, 0.1) is 16.1 Å². The molecule has 34 heavy (non-hydrogen) atoms. The molecule has 0 radical (unpaired) electrons. The standard InChI is InChI=1S/C24H32N4O5S/c1-16-6-9-18(10-7-16)34(31,32)28-21-11-8-17(29)14-19(21)20(26-28)15-27(5)13-12-22(24(2,3)4)33-23(25)30/h6-11,14,22,29H,12-13,15H2,1-5H3,(H2,25,30). The van der Waals surface area contributed by atoms with Crippen LogP contribution in [0.4, 0.5) is 4.79 Å². The number of primary amides is 1. The average molecular weight is 489 g/mol. The van der Waals surface area contributed by atoms with Gasteiger partial charge in [-0.05, 0) is 56.1 Å². The predicted octanol–water partition coefficient (Wildman–Crippen LogP) is 3.62. The topological polar surface area (TPSA) is 128 Å². The van der Waals surface area contributed by atoms with Crippen molar-refractivity contribution >= 4 is 27.0 Å². The lowest BCUT2D eigenvalue weighted by atomic mass is 9.87. The van der Waals surface area contributed by atoms with E-state index >= 15 is 0 Å². The number of phenolic OH excluding ortho intramolecular Hbond substituents is 1. The number of benzene rings is 2. The van der Waals surface area contributed by atoms with Gasteiger partial charge in [-0.2, -0.15) is 17.6 Å². The Balaban J connectivity index is 1.90. The van der Waals surface area contributed by atoms with E-state index in [2.05, 4.69) is 5.10 Å². The van der Waals surface area contributed by atoms with Crippen LogP contribution in [0, 0.1) is 12.3 Å². The van der Waals surface area contributed by atoms with Crippen molar-refractivity contribution in [3.05, 3.63) is 53.7 Å². The zero-order valence-corrected chi connectivity index (χ0v) is 21.0. The van der Waals surface area contributed by atoms with Crippen molar-refractivity contribution in [2.45, 2.75) is 51.7 Å². The molecule has 0 aliphatic heterocycles. The Morgan fingerprint density at radius 3 is 2.44 bits per heavy atom. The Kier molecular flexibility index (Phi) is 7.23. The number of aryl methyl sites for hydroxylation is 1. The maximum Gasteiger partial charge on any atom is 0.404 e. The number of rotatable bonds is 8. The average Bonchev–Trinajstić information content (AvgIpc) is 3.08. The van der Waals surface area contributed by atoms with Crippen LogP contribution < -0.4 is 5.73 Å². The fourth-order valence-electron chi connectivity index (χ4n) is 3.73. The minimum Gasteiger partial charge on any atom is -0.508 e. The minimum absolute atomic E-state index is 0.0198. The van der Waals surface area contributed by atoms with Crippen molar-refractivity contribution in [2.75, 3.05) is 13.6 Å². The van der Waals surface area contributed by atoms with Crippen molar-refractivity contribution in [2.24, 2.45) is 11.1 Å². The lowest BCUT2D eigenvalue weighted by Crippen LogP contribution is -2.36. The molecule has 10 heteroatoms. The second-order valence-corrected chi connectivity index (χ2v) is 11.4. The molecule has 1 heterocycles. The summed E-state index contributed by atoms with van der Waals surface area (Å²) in [6.07, 6.45) is -0.661. The predicted molar refractivity (Wildman–Crippen MR) is 130 cm³/mol. The van der Waals surface area contributed by atoms with E-state index in [0.29, 0.717) is 36.1 Å². The highest BCUT2D eigenvalue weighted by Gasteiger charge is 2.28. The number of carbonyl (C=O) groups excluding carboxylic acids is 1. The number of amides is 1. The van der Waals surface area contributed by atoms with Crippen molar-refractivity contribution in [3.63, 3.8) is 0 Å². The second-order valence-electron chi connectivity index (χ2n) is 9.63. The van der Waals surface area contributed by atoms with Crippen LogP contribution in [0.15, 0.2) is 47.4 Å². The number of nitrogens with zero attached hydrogens (tertiary/aromatic N) is 3. The first-order valence-electron chi connectivity index (χ1n) is 11.0. The van der Waals surface area contributed by atoms with Crippen molar-refractivity contribution in [1.82, 2.24) is 14.1 Å². The van der Waals surface area contributed by atoms with E-state index in [1.807, 2.05) is 39.6 Å². The van der Waals surface area contributed by atoms with Gasteiger partial charge in [0.15, 0.2) is 0 Å². The monoisotopic (exact) mass is 488 g/mol. The van der Waals surface area contributed by atoms with Gasteiger partial charge in [-0.1, -0.05) is 38.5 Å². The van der Waals surface area contributed by atoms with Gasteiger partial charge < -0.3 is 20.5 Å². The van der Waals surface area contributed by atoms with Gasteiger partial charge in [0.1, 0.15) is 11.9 Å². The highest BCUT2D eigenvalue weighted by molar-refractivity contribution is 7.90. The second kappa shape index (κ2) is 9.63. The zero-order chi connectivity index (χ0) is 25.3. The molecule has 9 nitrogen and oxygen atoms in total. The van der Waals surface area contributed by atoms with Crippen molar-refractivity contribution < 1.29 is 23.1 Å². The van der Waals surface area contributed by atoms with Crippen LogP contribution in [-0.4, -0.2) is 53.4 Å². The van der Waals surface area contributed by atoms with Gasteiger partial charge in [-0.25, -0.2) is 4.79 Å². The summed E-state index contributed by atoms with van der Waals surface area (Å²) >= 11 is 0. The Morgan fingerprint density at radius 2 is 1.85 bits per heavy atom. The molecule has 0 fully saturated rings. The van der Waals surface area contributed by atoms with E-state index in [-0.39, 0.29) is 22.2 Å².